The van der Waals surface area contributed by atoms with Gasteiger partial charge in [-0.05, 0) is 44.9 Å². The lowest BCUT2D eigenvalue weighted by Gasteiger charge is -2.14. The van der Waals surface area contributed by atoms with Crippen molar-refractivity contribution in [3.63, 3.8) is 0 Å². The third kappa shape index (κ3) is 3.54. The Bertz CT molecular complexity index is 970. The van der Waals surface area contributed by atoms with Gasteiger partial charge in [0.1, 0.15) is 16.5 Å². The van der Waals surface area contributed by atoms with Crippen LogP contribution in [0.1, 0.15) is 24.2 Å². The highest BCUT2D eigenvalue weighted by atomic mass is 32.1. The van der Waals surface area contributed by atoms with Gasteiger partial charge in [0.05, 0.1) is 31.6 Å². The predicted octanol–water partition coefficient (Wildman–Crippen LogP) is 5.09. The van der Waals surface area contributed by atoms with Crippen LogP contribution in [0.3, 0.4) is 0 Å². The quantitative estimate of drug-likeness (QED) is 0.580. The first-order valence-electron chi connectivity index (χ1n) is 9.57. The molecule has 0 bridgehead atoms. The van der Waals surface area contributed by atoms with Crippen molar-refractivity contribution in [3.8, 4) is 33.3 Å². The van der Waals surface area contributed by atoms with Gasteiger partial charge in [-0.1, -0.05) is 0 Å². The maximum absolute atomic E-state index is 5.83. The van der Waals surface area contributed by atoms with E-state index in [9.17, 15) is 0 Å². The number of aryl methyl sites for hydroxylation is 1. The van der Waals surface area contributed by atoms with Gasteiger partial charge in [-0.25, -0.2) is 4.98 Å². The van der Waals surface area contributed by atoms with Crippen molar-refractivity contribution in [3.05, 3.63) is 41.0 Å². The number of ether oxygens (including phenoxy) is 3. The van der Waals surface area contributed by atoms with Gasteiger partial charge >= 0.3 is 0 Å². The maximum Gasteiger partial charge on any atom is 0.132 e. The summed E-state index contributed by atoms with van der Waals surface area (Å²) in [5.41, 5.74) is 5.66. The highest BCUT2D eigenvalue weighted by molar-refractivity contribution is 7.13. The smallest absolute Gasteiger partial charge is 0.132 e. The van der Waals surface area contributed by atoms with E-state index in [2.05, 4.69) is 29.9 Å². The molecule has 0 radical (unpaired) electrons. The number of thiazole rings is 1. The Morgan fingerprint density at radius 1 is 1.18 bits per heavy atom. The molecule has 0 amide bonds. The van der Waals surface area contributed by atoms with Crippen molar-refractivity contribution in [1.29, 1.82) is 0 Å². The lowest BCUT2D eigenvalue weighted by molar-refractivity contribution is 0.0962. The molecule has 5 nitrogen and oxygen atoms in total. The number of methoxy groups -OCH3 is 2. The molecular weight excluding hydrogens is 372 g/mol. The summed E-state index contributed by atoms with van der Waals surface area (Å²) < 4.78 is 19.0. The van der Waals surface area contributed by atoms with E-state index < -0.39 is 0 Å². The van der Waals surface area contributed by atoms with Crippen LogP contribution in [0.2, 0.25) is 0 Å². The normalized spacial score (nSPS) is 16.5. The van der Waals surface area contributed by atoms with E-state index in [1.807, 2.05) is 18.2 Å². The molecule has 1 atom stereocenters. The molecule has 3 aromatic rings. The van der Waals surface area contributed by atoms with Crippen LogP contribution in [0, 0.1) is 13.8 Å². The van der Waals surface area contributed by atoms with Crippen LogP contribution in [-0.2, 0) is 11.3 Å². The van der Waals surface area contributed by atoms with Gasteiger partial charge in [0.2, 0.25) is 0 Å². The van der Waals surface area contributed by atoms with E-state index in [0.717, 1.165) is 53.8 Å². The van der Waals surface area contributed by atoms with E-state index in [0.29, 0.717) is 6.10 Å². The molecule has 0 aliphatic carbocycles. The largest absolute Gasteiger partial charge is 0.497 e. The van der Waals surface area contributed by atoms with Crippen LogP contribution in [0.25, 0.3) is 21.8 Å². The van der Waals surface area contributed by atoms with Crippen LogP contribution < -0.4 is 9.47 Å². The summed E-state index contributed by atoms with van der Waals surface area (Å²) in [4.78, 5) is 4.92. The summed E-state index contributed by atoms with van der Waals surface area (Å²) in [7, 11) is 3.33. The third-order valence-corrected chi connectivity index (χ3v) is 6.28. The lowest BCUT2D eigenvalue weighted by atomic mass is 10.2. The average molecular weight is 399 g/mol. The van der Waals surface area contributed by atoms with Crippen molar-refractivity contribution < 1.29 is 14.2 Å². The molecule has 1 fully saturated rings. The second-order valence-electron chi connectivity index (χ2n) is 7.13. The fraction of sp³-hybridized carbons (Fsp3) is 0.409. The first kappa shape index (κ1) is 19.0. The Labute approximate surface area is 169 Å². The van der Waals surface area contributed by atoms with Gasteiger partial charge in [0.15, 0.2) is 0 Å². The summed E-state index contributed by atoms with van der Waals surface area (Å²) in [6, 6.07) is 8.06. The number of hydrogen-bond acceptors (Lipinski definition) is 5. The van der Waals surface area contributed by atoms with Gasteiger partial charge in [-0.2, -0.15) is 0 Å². The zero-order valence-corrected chi connectivity index (χ0v) is 17.6. The first-order chi connectivity index (χ1) is 13.6. The minimum absolute atomic E-state index is 0.326. The molecule has 0 N–H and O–H groups in total. The minimum Gasteiger partial charge on any atom is -0.497 e. The van der Waals surface area contributed by atoms with E-state index in [1.165, 1.54) is 17.0 Å². The Kier molecular flexibility index (Phi) is 5.42. The molecule has 1 aliphatic rings. The van der Waals surface area contributed by atoms with Crippen molar-refractivity contribution in [1.82, 2.24) is 9.55 Å². The summed E-state index contributed by atoms with van der Waals surface area (Å²) in [6.45, 7) is 6.13. The fourth-order valence-electron chi connectivity index (χ4n) is 3.83. The van der Waals surface area contributed by atoms with Gasteiger partial charge in [0.25, 0.3) is 0 Å². The van der Waals surface area contributed by atoms with Crippen LogP contribution in [0.15, 0.2) is 29.6 Å². The monoisotopic (exact) mass is 398 g/mol. The fourth-order valence-corrected chi connectivity index (χ4v) is 4.68. The van der Waals surface area contributed by atoms with Crippen molar-refractivity contribution >= 4 is 11.3 Å². The number of nitrogens with zero attached hydrogens (tertiary/aromatic N) is 2. The molecule has 1 aromatic carbocycles. The topological polar surface area (TPSA) is 45.5 Å². The number of hydrogen-bond donors (Lipinski definition) is 0. The minimum atomic E-state index is 0.326. The van der Waals surface area contributed by atoms with E-state index in [-0.39, 0.29) is 0 Å². The summed E-state index contributed by atoms with van der Waals surface area (Å²) in [5.74, 6) is 1.54. The second kappa shape index (κ2) is 7.97. The molecule has 0 unspecified atom stereocenters. The van der Waals surface area contributed by atoms with Gasteiger partial charge < -0.3 is 18.8 Å². The van der Waals surface area contributed by atoms with Crippen LogP contribution in [0.4, 0.5) is 0 Å². The Morgan fingerprint density at radius 2 is 2.04 bits per heavy atom. The maximum atomic E-state index is 5.83. The van der Waals surface area contributed by atoms with Gasteiger partial charge in [-0.15, -0.1) is 11.3 Å². The highest BCUT2D eigenvalue weighted by Gasteiger charge is 2.20. The van der Waals surface area contributed by atoms with Crippen LogP contribution in [-0.4, -0.2) is 36.5 Å². The molecular formula is C22H26N2O3S. The molecule has 2 aromatic heterocycles. The molecule has 6 heteroatoms. The Hall–Kier alpha value is -2.31. The molecule has 0 saturated carbocycles. The van der Waals surface area contributed by atoms with Crippen molar-refractivity contribution in [2.75, 3.05) is 20.8 Å². The summed E-state index contributed by atoms with van der Waals surface area (Å²) >= 11 is 1.63. The molecule has 28 heavy (non-hydrogen) atoms. The summed E-state index contributed by atoms with van der Waals surface area (Å²) in [6.07, 6.45) is 2.63. The SMILES string of the molecule is COc1ccc(-c2nc(-c3cc(C)n(C[C@@H]4CCCO4)c3C)cs2)c(OC)c1. The second-order valence-corrected chi connectivity index (χ2v) is 7.99. The van der Waals surface area contributed by atoms with Gasteiger partial charge in [0, 0.05) is 41.5 Å². The zero-order valence-electron chi connectivity index (χ0n) is 16.8. The van der Waals surface area contributed by atoms with Crippen LogP contribution in [0.5, 0.6) is 11.5 Å². The molecule has 4 rings (SSSR count). The number of aromatic nitrogens is 2. The predicted molar refractivity (Wildman–Crippen MR) is 113 cm³/mol. The zero-order chi connectivity index (χ0) is 19.7. The molecule has 1 saturated heterocycles. The Morgan fingerprint density at radius 3 is 2.75 bits per heavy atom. The first-order valence-corrected chi connectivity index (χ1v) is 10.4. The summed E-state index contributed by atoms with van der Waals surface area (Å²) in [5, 5.41) is 3.07. The van der Waals surface area contributed by atoms with Gasteiger partial charge in [-0.3, -0.25) is 0 Å². The molecule has 0 spiro atoms. The Balaban J connectivity index is 1.65. The van der Waals surface area contributed by atoms with E-state index >= 15 is 0 Å². The highest BCUT2D eigenvalue weighted by Crippen LogP contribution is 2.38. The standard InChI is InChI=1S/C22H26N2O3S/c1-14-10-19(15(2)24(14)12-17-6-5-9-27-17)20-13-28-22(23-20)18-8-7-16(25-3)11-21(18)26-4/h7-8,10-11,13,17H,5-6,9,12H2,1-4H3/t17-/m0/s1. The van der Waals surface area contributed by atoms with Crippen molar-refractivity contribution in [2.45, 2.75) is 39.3 Å². The molecule has 3 heterocycles. The number of benzene rings is 1. The molecule has 1 aliphatic heterocycles. The number of rotatable bonds is 6. The lowest BCUT2D eigenvalue weighted by Crippen LogP contribution is -2.16. The molecule has 148 valence electrons. The van der Waals surface area contributed by atoms with Crippen molar-refractivity contribution in [2.24, 2.45) is 0 Å². The average Bonchev–Trinajstić information content (AvgIpc) is 3.45. The van der Waals surface area contributed by atoms with Crippen LogP contribution >= 0.6 is 11.3 Å². The van der Waals surface area contributed by atoms with E-state index in [4.69, 9.17) is 19.2 Å². The third-order valence-electron chi connectivity index (χ3n) is 5.40. The van der Waals surface area contributed by atoms with E-state index in [1.54, 1.807) is 25.6 Å².